The van der Waals surface area contributed by atoms with Gasteiger partial charge in [-0.3, -0.25) is 9.48 Å². The predicted molar refractivity (Wildman–Crippen MR) is 84.0 cm³/mol. The van der Waals surface area contributed by atoms with E-state index in [4.69, 9.17) is 10.8 Å². The topological polar surface area (TPSA) is 84.4 Å². The van der Waals surface area contributed by atoms with Crippen molar-refractivity contribution >= 4 is 11.6 Å². The Morgan fingerprint density at radius 2 is 1.95 bits per heavy atom. The number of amides is 1. The summed E-state index contributed by atoms with van der Waals surface area (Å²) >= 11 is 0. The van der Waals surface area contributed by atoms with Crippen LogP contribution in [0.1, 0.15) is 55.9 Å². The van der Waals surface area contributed by atoms with E-state index < -0.39 is 0 Å². The van der Waals surface area contributed by atoms with Crippen molar-refractivity contribution in [1.82, 2.24) is 14.7 Å². The maximum Gasteiger partial charge on any atom is 0.276 e. The molecular weight excluding hydrogens is 268 g/mol. The van der Waals surface area contributed by atoms with Crippen molar-refractivity contribution in [3.8, 4) is 0 Å². The number of nitrogens with two attached hydrogens (primary N) is 1. The summed E-state index contributed by atoms with van der Waals surface area (Å²) in [6, 6.07) is 0. The van der Waals surface area contributed by atoms with Gasteiger partial charge in [-0.25, -0.2) is 0 Å². The van der Waals surface area contributed by atoms with E-state index >= 15 is 0 Å². The van der Waals surface area contributed by atoms with Crippen LogP contribution in [0.25, 0.3) is 0 Å². The second-order valence-electron chi connectivity index (χ2n) is 5.39. The fourth-order valence-electron chi connectivity index (χ4n) is 2.31. The standard InChI is InChI=1S/C15H28N4O2/c1-3-4-5-6-7-9-19(10-8-11-20)15(21)14-13(16)12-18(2)17-14/h12,20H,3-11,16H2,1-2H3. The largest absolute Gasteiger partial charge is 0.396 e. The third kappa shape index (κ3) is 5.75. The number of aliphatic hydroxyl groups is 1. The fraction of sp³-hybridized carbons (Fsp3) is 0.733. The molecule has 1 aromatic rings. The second-order valence-corrected chi connectivity index (χ2v) is 5.39. The molecule has 0 aliphatic rings. The van der Waals surface area contributed by atoms with Crippen LogP contribution < -0.4 is 5.73 Å². The van der Waals surface area contributed by atoms with Gasteiger partial charge in [-0.1, -0.05) is 32.6 Å². The first-order valence-electron chi connectivity index (χ1n) is 7.79. The summed E-state index contributed by atoms with van der Waals surface area (Å²) in [5.41, 5.74) is 6.54. The molecule has 1 heterocycles. The van der Waals surface area contributed by atoms with Gasteiger partial charge in [0.15, 0.2) is 5.69 Å². The second kappa shape index (κ2) is 9.39. The molecule has 0 spiro atoms. The maximum absolute atomic E-state index is 12.5. The van der Waals surface area contributed by atoms with Gasteiger partial charge in [-0.15, -0.1) is 0 Å². The SMILES string of the molecule is CCCCCCCN(CCCO)C(=O)c1nn(C)cc1N. The van der Waals surface area contributed by atoms with E-state index in [9.17, 15) is 4.79 Å². The van der Waals surface area contributed by atoms with Crippen LogP contribution in [0.15, 0.2) is 6.20 Å². The molecule has 1 amide bonds. The van der Waals surface area contributed by atoms with Gasteiger partial charge in [0.1, 0.15) is 0 Å². The highest BCUT2D eigenvalue weighted by molar-refractivity contribution is 5.97. The highest BCUT2D eigenvalue weighted by Crippen LogP contribution is 2.13. The quantitative estimate of drug-likeness (QED) is 0.645. The Morgan fingerprint density at radius 1 is 1.29 bits per heavy atom. The monoisotopic (exact) mass is 296 g/mol. The smallest absolute Gasteiger partial charge is 0.276 e. The lowest BCUT2D eigenvalue weighted by Crippen LogP contribution is -2.34. The Bertz CT molecular complexity index is 431. The van der Waals surface area contributed by atoms with Crippen LogP contribution >= 0.6 is 0 Å². The molecule has 0 unspecified atom stereocenters. The number of hydrogen-bond acceptors (Lipinski definition) is 4. The summed E-state index contributed by atoms with van der Waals surface area (Å²) in [5.74, 6) is -0.142. The van der Waals surface area contributed by atoms with E-state index in [1.165, 1.54) is 19.3 Å². The normalized spacial score (nSPS) is 10.8. The number of hydrogen-bond donors (Lipinski definition) is 2. The summed E-state index contributed by atoms with van der Waals surface area (Å²) in [4.78, 5) is 14.2. The minimum atomic E-state index is -0.142. The van der Waals surface area contributed by atoms with Crippen LogP contribution in [0, 0.1) is 0 Å². The van der Waals surface area contributed by atoms with Crippen molar-refractivity contribution in [1.29, 1.82) is 0 Å². The summed E-state index contributed by atoms with van der Waals surface area (Å²) in [6.07, 6.45) is 7.95. The molecule has 0 atom stereocenters. The molecular formula is C15H28N4O2. The highest BCUT2D eigenvalue weighted by atomic mass is 16.3. The van der Waals surface area contributed by atoms with E-state index in [1.54, 1.807) is 22.8 Å². The van der Waals surface area contributed by atoms with Crippen molar-refractivity contribution in [2.24, 2.45) is 7.05 Å². The van der Waals surface area contributed by atoms with Gasteiger partial charge in [-0.05, 0) is 12.8 Å². The lowest BCUT2D eigenvalue weighted by atomic mass is 10.1. The molecule has 0 saturated heterocycles. The molecule has 1 rings (SSSR count). The first-order valence-corrected chi connectivity index (χ1v) is 7.79. The van der Waals surface area contributed by atoms with E-state index in [-0.39, 0.29) is 12.5 Å². The average molecular weight is 296 g/mol. The van der Waals surface area contributed by atoms with Crippen LogP contribution in [0.3, 0.4) is 0 Å². The van der Waals surface area contributed by atoms with Crippen LogP contribution in [-0.4, -0.2) is 45.4 Å². The third-order valence-corrected chi connectivity index (χ3v) is 3.46. The summed E-state index contributed by atoms with van der Waals surface area (Å²) in [6.45, 7) is 3.50. The Morgan fingerprint density at radius 3 is 2.52 bits per heavy atom. The van der Waals surface area contributed by atoms with Crippen molar-refractivity contribution < 1.29 is 9.90 Å². The molecule has 6 heteroatoms. The number of carbonyl (C=O) groups excluding carboxylic acids is 1. The third-order valence-electron chi connectivity index (χ3n) is 3.46. The molecule has 21 heavy (non-hydrogen) atoms. The Hall–Kier alpha value is -1.56. The lowest BCUT2D eigenvalue weighted by molar-refractivity contribution is 0.0736. The molecule has 6 nitrogen and oxygen atoms in total. The van der Waals surface area contributed by atoms with Gasteiger partial charge in [0.05, 0.1) is 5.69 Å². The Kier molecular flexibility index (Phi) is 7.82. The maximum atomic E-state index is 12.5. The van der Waals surface area contributed by atoms with Gasteiger partial charge in [-0.2, -0.15) is 5.10 Å². The van der Waals surface area contributed by atoms with Crippen molar-refractivity contribution in [2.75, 3.05) is 25.4 Å². The molecule has 0 radical (unpaired) electrons. The van der Waals surface area contributed by atoms with E-state index in [1.807, 2.05) is 0 Å². The average Bonchev–Trinajstić information content (AvgIpc) is 2.80. The Balaban J connectivity index is 2.59. The first kappa shape index (κ1) is 17.5. The minimum Gasteiger partial charge on any atom is -0.396 e. The van der Waals surface area contributed by atoms with E-state index in [2.05, 4.69) is 12.0 Å². The summed E-state index contributed by atoms with van der Waals surface area (Å²) in [5, 5.41) is 13.1. The zero-order chi connectivity index (χ0) is 15.7. The number of nitrogen functional groups attached to an aromatic ring is 1. The van der Waals surface area contributed by atoms with Crippen molar-refractivity contribution in [3.63, 3.8) is 0 Å². The van der Waals surface area contributed by atoms with Crippen LogP contribution in [0.4, 0.5) is 5.69 Å². The highest BCUT2D eigenvalue weighted by Gasteiger charge is 2.20. The number of nitrogens with zero attached hydrogens (tertiary/aromatic N) is 3. The van der Waals surface area contributed by atoms with Crippen molar-refractivity contribution in [3.05, 3.63) is 11.9 Å². The molecule has 120 valence electrons. The number of anilines is 1. The molecule has 0 fully saturated rings. The molecule has 0 aliphatic carbocycles. The van der Waals surface area contributed by atoms with Gasteiger partial charge in [0.2, 0.25) is 0 Å². The fourth-order valence-corrected chi connectivity index (χ4v) is 2.31. The number of aromatic nitrogens is 2. The van der Waals surface area contributed by atoms with Gasteiger partial charge >= 0.3 is 0 Å². The predicted octanol–water partition coefficient (Wildman–Crippen LogP) is 1.80. The zero-order valence-electron chi connectivity index (χ0n) is 13.2. The van der Waals surface area contributed by atoms with Crippen molar-refractivity contribution in [2.45, 2.75) is 45.4 Å². The molecule has 3 N–H and O–H groups in total. The summed E-state index contributed by atoms with van der Waals surface area (Å²) in [7, 11) is 1.75. The summed E-state index contributed by atoms with van der Waals surface area (Å²) < 4.78 is 1.55. The van der Waals surface area contributed by atoms with E-state index in [0.29, 0.717) is 30.9 Å². The first-order chi connectivity index (χ1) is 10.1. The number of aliphatic hydroxyl groups excluding tert-OH is 1. The number of rotatable bonds is 10. The van der Waals surface area contributed by atoms with Gasteiger partial charge < -0.3 is 15.7 Å². The molecule has 0 bridgehead atoms. The number of unbranched alkanes of at least 4 members (excludes halogenated alkanes) is 4. The van der Waals surface area contributed by atoms with Gasteiger partial charge in [0.25, 0.3) is 5.91 Å². The molecule has 0 saturated carbocycles. The Labute approximate surface area is 126 Å². The van der Waals surface area contributed by atoms with E-state index in [0.717, 1.165) is 12.8 Å². The zero-order valence-corrected chi connectivity index (χ0v) is 13.2. The van der Waals surface area contributed by atoms with Crippen LogP contribution in [0.2, 0.25) is 0 Å². The number of aryl methyl sites for hydroxylation is 1. The molecule has 0 aliphatic heterocycles. The molecule has 1 aromatic heterocycles. The molecule has 0 aromatic carbocycles. The van der Waals surface area contributed by atoms with Gasteiger partial charge in [0, 0.05) is 32.9 Å². The minimum absolute atomic E-state index is 0.0807. The van der Waals surface area contributed by atoms with Crippen LogP contribution in [0.5, 0.6) is 0 Å². The number of carbonyl (C=O) groups is 1. The van der Waals surface area contributed by atoms with Crippen LogP contribution in [-0.2, 0) is 7.05 Å². The lowest BCUT2D eigenvalue weighted by Gasteiger charge is -2.21.